The van der Waals surface area contributed by atoms with Gasteiger partial charge >= 0.3 is 0 Å². The van der Waals surface area contributed by atoms with Crippen LogP contribution in [0.25, 0.3) is 0 Å². The van der Waals surface area contributed by atoms with Gasteiger partial charge in [0.1, 0.15) is 0 Å². The lowest BCUT2D eigenvalue weighted by atomic mass is 9.94. The molecule has 2 atom stereocenters. The van der Waals surface area contributed by atoms with Crippen molar-refractivity contribution in [1.82, 2.24) is 5.32 Å². The molecule has 0 bridgehead atoms. The number of nitro benzene ring substituents is 1. The second kappa shape index (κ2) is 7.43. The molecule has 4 nitrogen and oxygen atoms in total. The van der Waals surface area contributed by atoms with E-state index in [4.69, 9.17) is 0 Å². The standard InChI is InChI=1S/C14H19BrN2O2S/c1-20-13-8-3-2-6-11(13)16-9-10-5-4-7-12(14(10)15)17(18)19/h4-5,7,11,13,16H,2-3,6,8-9H2,1H3. The molecule has 2 unspecified atom stereocenters. The van der Waals surface area contributed by atoms with E-state index in [0.29, 0.717) is 22.3 Å². The van der Waals surface area contributed by atoms with Crippen LogP contribution in [-0.2, 0) is 6.54 Å². The fourth-order valence-corrected chi connectivity index (χ4v) is 4.21. The molecule has 0 amide bonds. The van der Waals surface area contributed by atoms with E-state index in [2.05, 4.69) is 27.5 Å². The number of hydrogen-bond donors (Lipinski definition) is 1. The Morgan fingerprint density at radius 2 is 2.20 bits per heavy atom. The minimum Gasteiger partial charge on any atom is -0.309 e. The van der Waals surface area contributed by atoms with Crippen molar-refractivity contribution in [2.45, 2.75) is 43.5 Å². The van der Waals surface area contributed by atoms with E-state index in [1.54, 1.807) is 6.07 Å². The van der Waals surface area contributed by atoms with E-state index in [1.165, 1.54) is 31.7 Å². The predicted octanol–water partition coefficient (Wildman–Crippen LogP) is 4.12. The van der Waals surface area contributed by atoms with E-state index < -0.39 is 0 Å². The van der Waals surface area contributed by atoms with Crippen LogP contribution >= 0.6 is 27.7 Å². The summed E-state index contributed by atoms with van der Waals surface area (Å²) in [6.07, 6.45) is 7.19. The molecule has 0 aliphatic heterocycles. The molecule has 0 aromatic heterocycles. The zero-order chi connectivity index (χ0) is 14.5. The fraction of sp³-hybridized carbons (Fsp3) is 0.571. The Kier molecular flexibility index (Phi) is 5.86. The summed E-state index contributed by atoms with van der Waals surface area (Å²) in [7, 11) is 0. The molecule has 0 heterocycles. The molecule has 2 rings (SSSR count). The molecule has 1 aromatic rings. The third kappa shape index (κ3) is 3.74. The van der Waals surface area contributed by atoms with Crippen molar-refractivity contribution in [3.63, 3.8) is 0 Å². The van der Waals surface area contributed by atoms with Crippen LogP contribution in [-0.4, -0.2) is 22.5 Å². The Morgan fingerprint density at radius 1 is 1.45 bits per heavy atom. The number of benzene rings is 1. The number of thioether (sulfide) groups is 1. The molecule has 20 heavy (non-hydrogen) atoms. The summed E-state index contributed by atoms with van der Waals surface area (Å²) < 4.78 is 0.592. The SMILES string of the molecule is CSC1CCCCC1NCc1cccc([N+](=O)[O-])c1Br. The van der Waals surface area contributed by atoms with Crippen LogP contribution in [0.2, 0.25) is 0 Å². The van der Waals surface area contributed by atoms with Gasteiger partial charge in [0, 0.05) is 23.9 Å². The van der Waals surface area contributed by atoms with Gasteiger partial charge in [-0.25, -0.2) is 0 Å². The topological polar surface area (TPSA) is 55.2 Å². The highest BCUT2D eigenvalue weighted by Crippen LogP contribution is 2.30. The zero-order valence-electron chi connectivity index (χ0n) is 11.5. The molecular weight excluding hydrogens is 340 g/mol. The summed E-state index contributed by atoms with van der Waals surface area (Å²) in [4.78, 5) is 10.6. The van der Waals surface area contributed by atoms with Gasteiger partial charge in [-0.1, -0.05) is 25.0 Å². The highest BCUT2D eigenvalue weighted by molar-refractivity contribution is 9.10. The maximum Gasteiger partial charge on any atom is 0.283 e. The van der Waals surface area contributed by atoms with Crippen molar-refractivity contribution in [1.29, 1.82) is 0 Å². The average Bonchev–Trinajstić information content (AvgIpc) is 2.46. The van der Waals surface area contributed by atoms with Crippen LogP contribution in [0.1, 0.15) is 31.2 Å². The van der Waals surface area contributed by atoms with E-state index in [9.17, 15) is 10.1 Å². The number of halogens is 1. The Balaban J connectivity index is 2.03. The lowest BCUT2D eigenvalue weighted by molar-refractivity contribution is -0.385. The van der Waals surface area contributed by atoms with Crippen LogP contribution < -0.4 is 5.32 Å². The highest BCUT2D eigenvalue weighted by atomic mass is 79.9. The van der Waals surface area contributed by atoms with Gasteiger partial charge in [-0.3, -0.25) is 10.1 Å². The molecule has 110 valence electrons. The number of nitro groups is 1. The Hall–Kier alpha value is -0.590. The second-order valence-electron chi connectivity index (χ2n) is 5.05. The largest absolute Gasteiger partial charge is 0.309 e. The number of nitrogens with one attached hydrogen (secondary N) is 1. The smallest absolute Gasteiger partial charge is 0.283 e. The first-order valence-electron chi connectivity index (χ1n) is 6.81. The van der Waals surface area contributed by atoms with Gasteiger partial charge in [-0.15, -0.1) is 0 Å². The molecule has 1 N–H and O–H groups in total. The molecule has 1 aromatic carbocycles. The molecule has 1 aliphatic rings. The first-order valence-corrected chi connectivity index (χ1v) is 8.89. The Morgan fingerprint density at radius 3 is 2.90 bits per heavy atom. The van der Waals surface area contributed by atoms with Gasteiger partial charge < -0.3 is 5.32 Å². The normalized spacial score (nSPS) is 22.7. The van der Waals surface area contributed by atoms with Gasteiger partial charge in [0.15, 0.2) is 0 Å². The van der Waals surface area contributed by atoms with Crippen molar-refractivity contribution < 1.29 is 4.92 Å². The second-order valence-corrected chi connectivity index (χ2v) is 6.92. The molecular formula is C14H19BrN2O2S. The summed E-state index contributed by atoms with van der Waals surface area (Å²) in [5.74, 6) is 0. The van der Waals surface area contributed by atoms with Crippen LogP contribution in [0.15, 0.2) is 22.7 Å². The van der Waals surface area contributed by atoms with Gasteiger partial charge in [-0.05, 0) is 40.6 Å². The van der Waals surface area contributed by atoms with Crippen LogP contribution in [0.4, 0.5) is 5.69 Å². The van der Waals surface area contributed by atoms with E-state index in [-0.39, 0.29) is 10.6 Å². The summed E-state index contributed by atoms with van der Waals surface area (Å²) in [5, 5.41) is 15.2. The lowest BCUT2D eigenvalue weighted by Gasteiger charge is -2.31. The first-order chi connectivity index (χ1) is 9.63. The monoisotopic (exact) mass is 358 g/mol. The Bertz CT molecular complexity index is 484. The van der Waals surface area contributed by atoms with E-state index >= 15 is 0 Å². The average molecular weight is 359 g/mol. The minimum atomic E-state index is -0.348. The fourth-order valence-electron chi connectivity index (χ4n) is 2.70. The molecule has 0 spiro atoms. The third-order valence-electron chi connectivity index (χ3n) is 3.82. The van der Waals surface area contributed by atoms with Crippen LogP contribution in [0, 0.1) is 10.1 Å². The molecule has 6 heteroatoms. The van der Waals surface area contributed by atoms with E-state index in [1.807, 2.05) is 17.8 Å². The molecule has 1 fully saturated rings. The molecule has 1 saturated carbocycles. The van der Waals surface area contributed by atoms with Crippen LogP contribution in [0.3, 0.4) is 0 Å². The van der Waals surface area contributed by atoms with Crippen molar-refractivity contribution in [2.75, 3.05) is 6.26 Å². The Labute approximate surface area is 132 Å². The maximum absolute atomic E-state index is 10.9. The minimum absolute atomic E-state index is 0.134. The van der Waals surface area contributed by atoms with Gasteiger partial charge in [0.2, 0.25) is 0 Å². The zero-order valence-corrected chi connectivity index (χ0v) is 13.9. The summed E-state index contributed by atoms with van der Waals surface area (Å²) in [5.41, 5.74) is 1.08. The van der Waals surface area contributed by atoms with Crippen molar-refractivity contribution in [2.24, 2.45) is 0 Å². The maximum atomic E-state index is 10.9. The number of nitrogens with zero attached hydrogens (tertiary/aromatic N) is 1. The molecule has 0 radical (unpaired) electrons. The number of rotatable bonds is 5. The van der Waals surface area contributed by atoms with E-state index in [0.717, 1.165) is 5.56 Å². The molecule has 0 saturated heterocycles. The van der Waals surface area contributed by atoms with Crippen molar-refractivity contribution in [3.05, 3.63) is 38.3 Å². The number of hydrogen-bond acceptors (Lipinski definition) is 4. The summed E-state index contributed by atoms with van der Waals surface area (Å²) in [6, 6.07) is 5.71. The third-order valence-corrected chi connectivity index (χ3v) is 5.90. The van der Waals surface area contributed by atoms with Gasteiger partial charge in [0.05, 0.1) is 9.40 Å². The molecule has 1 aliphatic carbocycles. The van der Waals surface area contributed by atoms with Crippen molar-refractivity contribution in [3.8, 4) is 0 Å². The van der Waals surface area contributed by atoms with Gasteiger partial charge in [0.25, 0.3) is 5.69 Å². The summed E-state index contributed by atoms with van der Waals surface area (Å²) >= 11 is 5.27. The van der Waals surface area contributed by atoms with Crippen LogP contribution in [0.5, 0.6) is 0 Å². The van der Waals surface area contributed by atoms with Gasteiger partial charge in [-0.2, -0.15) is 11.8 Å². The lowest BCUT2D eigenvalue weighted by Crippen LogP contribution is -2.40. The summed E-state index contributed by atoms with van der Waals surface area (Å²) in [6.45, 7) is 0.671. The highest BCUT2D eigenvalue weighted by Gasteiger charge is 2.24. The van der Waals surface area contributed by atoms with Crippen molar-refractivity contribution >= 4 is 33.4 Å². The predicted molar refractivity (Wildman–Crippen MR) is 87.2 cm³/mol. The quantitative estimate of drug-likeness (QED) is 0.635. The first kappa shape index (κ1) is 15.8.